The van der Waals surface area contributed by atoms with Crippen molar-refractivity contribution in [1.29, 1.82) is 0 Å². The summed E-state index contributed by atoms with van der Waals surface area (Å²) in [6, 6.07) is 5.20. The number of nitrogens with one attached hydrogen (secondary N) is 2. The maximum atomic E-state index is 12.0. The molecule has 6 nitrogen and oxygen atoms in total. The summed E-state index contributed by atoms with van der Waals surface area (Å²) in [5.41, 5.74) is 0.856. The number of hydrogen-bond donors (Lipinski definition) is 3. The Morgan fingerprint density at radius 2 is 2.27 bits per heavy atom. The smallest absolute Gasteiger partial charge is 0.320 e. The molecular weight excluding hydrogens is 300 g/mol. The van der Waals surface area contributed by atoms with Gasteiger partial charge < -0.3 is 10.4 Å². The largest absolute Gasteiger partial charge is 0.386 e. The molecule has 0 unspecified atom stereocenters. The molecule has 0 aliphatic rings. The molecule has 0 fully saturated rings. The van der Waals surface area contributed by atoms with Crippen LogP contribution in [0.3, 0.4) is 0 Å². The van der Waals surface area contributed by atoms with Crippen LogP contribution in [0.1, 0.15) is 30.5 Å². The second-order valence-electron chi connectivity index (χ2n) is 5.61. The lowest BCUT2D eigenvalue weighted by atomic mass is 10.2. The number of thiophene rings is 1. The highest BCUT2D eigenvalue weighted by Crippen LogP contribution is 2.18. The van der Waals surface area contributed by atoms with Crippen LogP contribution in [-0.2, 0) is 6.54 Å². The van der Waals surface area contributed by atoms with Gasteiger partial charge in [0, 0.05) is 17.5 Å². The number of aliphatic hydroxyl groups is 1. The Morgan fingerprint density at radius 3 is 2.91 bits per heavy atom. The average Bonchev–Trinajstić information content (AvgIpc) is 3.06. The molecule has 0 spiro atoms. The van der Waals surface area contributed by atoms with E-state index in [2.05, 4.69) is 29.6 Å². The molecule has 22 heavy (non-hydrogen) atoms. The Kier molecular flexibility index (Phi) is 5.57. The van der Waals surface area contributed by atoms with E-state index in [9.17, 15) is 9.90 Å². The van der Waals surface area contributed by atoms with Crippen molar-refractivity contribution in [2.24, 2.45) is 5.92 Å². The van der Waals surface area contributed by atoms with Crippen molar-refractivity contribution in [3.05, 3.63) is 34.2 Å². The Bertz CT molecular complexity index is 607. The zero-order valence-corrected chi connectivity index (χ0v) is 13.9. The van der Waals surface area contributed by atoms with Gasteiger partial charge in [-0.05, 0) is 24.3 Å². The molecule has 2 aromatic rings. The summed E-state index contributed by atoms with van der Waals surface area (Å²) in [4.78, 5) is 12.8. The first-order valence-corrected chi connectivity index (χ1v) is 8.14. The van der Waals surface area contributed by atoms with Gasteiger partial charge in [-0.2, -0.15) is 5.10 Å². The van der Waals surface area contributed by atoms with Gasteiger partial charge in [-0.25, -0.2) is 9.48 Å². The molecule has 0 aliphatic heterocycles. The highest BCUT2D eigenvalue weighted by Gasteiger charge is 2.13. The lowest BCUT2D eigenvalue weighted by Gasteiger charge is -2.13. The molecule has 0 aliphatic carbocycles. The molecule has 2 heterocycles. The molecule has 2 amide bonds. The van der Waals surface area contributed by atoms with Crippen molar-refractivity contribution in [1.82, 2.24) is 15.1 Å². The van der Waals surface area contributed by atoms with Crippen molar-refractivity contribution in [3.8, 4) is 0 Å². The molecule has 0 radical (unpaired) electrons. The number of rotatable bonds is 6. The summed E-state index contributed by atoms with van der Waals surface area (Å²) in [5, 5.41) is 21.7. The molecule has 2 aromatic heterocycles. The molecular formula is C15H22N4O2S. The Hall–Kier alpha value is -1.86. The first-order chi connectivity index (χ1) is 10.5. The molecule has 0 saturated carbocycles. The van der Waals surface area contributed by atoms with Crippen LogP contribution in [0.25, 0.3) is 0 Å². The predicted molar refractivity (Wildman–Crippen MR) is 88.1 cm³/mol. The number of aromatic nitrogens is 2. The standard InChI is InChI=1S/C15H22N4O2S/c1-10(2)9-19-14(7-11(3)18-19)17-15(21)16-8-12(20)13-5-4-6-22-13/h4-7,10,12,20H,8-9H2,1-3H3,(H2,16,17,21)/t12-/m0/s1. The third kappa shape index (κ3) is 4.57. The molecule has 1 atom stereocenters. The quantitative estimate of drug-likeness (QED) is 0.765. The van der Waals surface area contributed by atoms with Crippen LogP contribution < -0.4 is 10.6 Å². The van der Waals surface area contributed by atoms with E-state index in [1.807, 2.05) is 30.5 Å². The van der Waals surface area contributed by atoms with Crippen molar-refractivity contribution in [3.63, 3.8) is 0 Å². The van der Waals surface area contributed by atoms with Crippen molar-refractivity contribution in [2.75, 3.05) is 11.9 Å². The highest BCUT2D eigenvalue weighted by molar-refractivity contribution is 7.10. The number of hydrogen-bond acceptors (Lipinski definition) is 4. The van der Waals surface area contributed by atoms with Gasteiger partial charge in [-0.3, -0.25) is 5.32 Å². The summed E-state index contributed by atoms with van der Waals surface area (Å²) in [5.74, 6) is 1.10. The maximum Gasteiger partial charge on any atom is 0.320 e. The fraction of sp³-hybridized carbons (Fsp3) is 0.467. The lowest BCUT2D eigenvalue weighted by molar-refractivity contribution is 0.178. The van der Waals surface area contributed by atoms with E-state index in [4.69, 9.17) is 0 Å². The fourth-order valence-corrected chi connectivity index (χ4v) is 2.77. The Morgan fingerprint density at radius 1 is 1.50 bits per heavy atom. The van der Waals surface area contributed by atoms with Crippen LogP contribution in [0, 0.1) is 12.8 Å². The molecule has 120 valence electrons. The van der Waals surface area contributed by atoms with E-state index in [0.29, 0.717) is 11.7 Å². The zero-order chi connectivity index (χ0) is 16.1. The molecule has 0 saturated heterocycles. The Labute approximate surface area is 134 Å². The van der Waals surface area contributed by atoms with Crippen LogP contribution in [-0.4, -0.2) is 27.5 Å². The summed E-state index contributed by atoms with van der Waals surface area (Å²) in [6.45, 7) is 6.99. The van der Waals surface area contributed by atoms with Gasteiger partial charge in [0.1, 0.15) is 11.9 Å². The van der Waals surface area contributed by atoms with Crippen molar-refractivity contribution in [2.45, 2.75) is 33.4 Å². The topological polar surface area (TPSA) is 79.2 Å². The minimum atomic E-state index is -0.687. The van der Waals surface area contributed by atoms with E-state index in [1.165, 1.54) is 11.3 Å². The predicted octanol–water partition coefficient (Wildman–Crippen LogP) is 2.76. The van der Waals surface area contributed by atoms with Gasteiger partial charge in [-0.15, -0.1) is 11.3 Å². The average molecular weight is 322 g/mol. The highest BCUT2D eigenvalue weighted by atomic mass is 32.1. The molecule has 0 aromatic carbocycles. The van der Waals surface area contributed by atoms with Gasteiger partial charge in [-0.1, -0.05) is 19.9 Å². The number of nitrogens with zero attached hydrogens (tertiary/aromatic N) is 2. The van der Waals surface area contributed by atoms with E-state index >= 15 is 0 Å². The summed E-state index contributed by atoms with van der Waals surface area (Å²) in [7, 11) is 0. The van der Waals surface area contributed by atoms with Crippen LogP contribution in [0.5, 0.6) is 0 Å². The van der Waals surface area contributed by atoms with Gasteiger partial charge in [0.15, 0.2) is 0 Å². The van der Waals surface area contributed by atoms with Crippen LogP contribution in [0.15, 0.2) is 23.6 Å². The number of anilines is 1. The zero-order valence-electron chi connectivity index (χ0n) is 13.0. The van der Waals surface area contributed by atoms with Crippen molar-refractivity contribution >= 4 is 23.2 Å². The van der Waals surface area contributed by atoms with Crippen LogP contribution in [0.2, 0.25) is 0 Å². The number of urea groups is 1. The molecule has 2 rings (SSSR count). The fourth-order valence-electron chi connectivity index (χ4n) is 2.06. The number of carbonyl (C=O) groups is 1. The molecule has 3 N–H and O–H groups in total. The minimum absolute atomic E-state index is 0.170. The normalized spacial score (nSPS) is 12.4. The second-order valence-corrected chi connectivity index (χ2v) is 6.59. The van der Waals surface area contributed by atoms with Gasteiger partial charge in [0.25, 0.3) is 0 Å². The van der Waals surface area contributed by atoms with Crippen LogP contribution in [0.4, 0.5) is 10.6 Å². The number of carbonyl (C=O) groups excluding carboxylic acids is 1. The van der Waals surface area contributed by atoms with E-state index in [-0.39, 0.29) is 12.6 Å². The summed E-state index contributed by atoms with van der Waals surface area (Å²) >= 11 is 1.46. The Balaban J connectivity index is 1.89. The van der Waals surface area contributed by atoms with E-state index in [1.54, 1.807) is 4.68 Å². The van der Waals surface area contributed by atoms with E-state index in [0.717, 1.165) is 17.1 Å². The number of aliphatic hydroxyl groups excluding tert-OH is 1. The van der Waals surface area contributed by atoms with Gasteiger partial charge >= 0.3 is 6.03 Å². The molecule has 0 bridgehead atoms. The van der Waals surface area contributed by atoms with E-state index < -0.39 is 6.10 Å². The summed E-state index contributed by atoms with van der Waals surface area (Å²) < 4.78 is 1.79. The monoisotopic (exact) mass is 322 g/mol. The van der Waals surface area contributed by atoms with Gasteiger partial charge in [0.05, 0.1) is 12.2 Å². The first-order valence-electron chi connectivity index (χ1n) is 7.26. The molecule has 7 heteroatoms. The number of amides is 2. The third-order valence-electron chi connectivity index (χ3n) is 3.01. The summed E-state index contributed by atoms with van der Waals surface area (Å²) in [6.07, 6.45) is -0.687. The van der Waals surface area contributed by atoms with Crippen LogP contribution >= 0.6 is 11.3 Å². The second kappa shape index (κ2) is 7.42. The minimum Gasteiger partial charge on any atom is -0.386 e. The van der Waals surface area contributed by atoms with Crippen molar-refractivity contribution < 1.29 is 9.90 Å². The van der Waals surface area contributed by atoms with Gasteiger partial charge in [0.2, 0.25) is 0 Å². The third-order valence-corrected chi connectivity index (χ3v) is 3.98. The maximum absolute atomic E-state index is 12.0. The first kappa shape index (κ1) is 16.5. The lowest BCUT2D eigenvalue weighted by Crippen LogP contribution is -2.33. The SMILES string of the molecule is Cc1cc(NC(=O)NC[C@H](O)c2cccs2)n(CC(C)C)n1. The number of aryl methyl sites for hydroxylation is 1.